The lowest BCUT2D eigenvalue weighted by Gasteiger charge is -2.06. The van der Waals surface area contributed by atoms with Gasteiger partial charge < -0.3 is 5.32 Å². The topological polar surface area (TPSA) is 89.3 Å². The maximum Gasteiger partial charge on any atom is 0.270 e. The first-order chi connectivity index (χ1) is 9.99. The lowest BCUT2D eigenvalue weighted by molar-refractivity contribution is -0.384. The van der Waals surface area contributed by atoms with Crippen molar-refractivity contribution in [2.75, 3.05) is 5.32 Å². The standard InChI is InChI=1S/C15H12N2O4/c1-10-5-12(8-14(6-10)17(20)21)15(19)16-13-4-2-3-11(7-13)9-18/h2-9H,1H3,(H,16,19). The van der Waals surface area contributed by atoms with Gasteiger partial charge in [-0.1, -0.05) is 12.1 Å². The van der Waals surface area contributed by atoms with E-state index in [2.05, 4.69) is 5.32 Å². The van der Waals surface area contributed by atoms with E-state index in [-0.39, 0.29) is 11.3 Å². The third kappa shape index (κ3) is 3.50. The summed E-state index contributed by atoms with van der Waals surface area (Å²) in [6.07, 6.45) is 0.674. The summed E-state index contributed by atoms with van der Waals surface area (Å²) in [4.78, 5) is 33.1. The van der Waals surface area contributed by atoms with Crippen LogP contribution in [-0.4, -0.2) is 17.1 Å². The van der Waals surface area contributed by atoms with Gasteiger partial charge in [0, 0.05) is 28.9 Å². The molecule has 2 aromatic rings. The van der Waals surface area contributed by atoms with E-state index in [1.165, 1.54) is 18.2 Å². The Morgan fingerprint density at radius 3 is 2.67 bits per heavy atom. The van der Waals surface area contributed by atoms with E-state index in [0.717, 1.165) is 0 Å². The summed E-state index contributed by atoms with van der Waals surface area (Å²) in [5, 5.41) is 13.4. The number of nitro benzene ring substituents is 1. The van der Waals surface area contributed by atoms with Crippen LogP contribution in [-0.2, 0) is 0 Å². The van der Waals surface area contributed by atoms with Gasteiger partial charge in [0.1, 0.15) is 6.29 Å². The zero-order valence-electron chi connectivity index (χ0n) is 11.2. The van der Waals surface area contributed by atoms with Crippen LogP contribution in [0.3, 0.4) is 0 Å². The number of nitro groups is 1. The molecule has 0 atom stereocenters. The zero-order valence-corrected chi connectivity index (χ0v) is 11.2. The van der Waals surface area contributed by atoms with Gasteiger partial charge in [-0.2, -0.15) is 0 Å². The van der Waals surface area contributed by atoms with Crippen LogP contribution in [0.5, 0.6) is 0 Å². The highest BCUT2D eigenvalue weighted by Crippen LogP contribution is 2.18. The molecule has 6 heteroatoms. The van der Waals surface area contributed by atoms with Crippen LogP contribution in [0.25, 0.3) is 0 Å². The summed E-state index contributed by atoms with van der Waals surface area (Å²) < 4.78 is 0. The van der Waals surface area contributed by atoms with E-state index < -0.39 is 10.8 Å². The van der Waals surface area contributed by atoms with Gasteiger partial charge in [-0.25, -0.2) is 0 Å². The van der Waals surface area contributed by atoms with Crippen molar-refractivity contribution in [2.45, 2.75) is 6.92 Å². The molecule has 0 aliphatic carbocycles. The number of carbonyl (C=O) groups excluding carboxylic acids is 2. The van der Waals surface area contributed by atoms with E-state index >= 15 is 0 Å². The molecule has 6 nitrogen and oxygen atoms in total. The van der Waals surface area contributed by atoms with Crippen molar-refractivity contribution in [2.24, 2.45) is 0 Å². The molecule has 0 saturated carbocycles. The van der Waals surface area contributed by atoms with Crippen LogP contribution < -0.4 is 5.32 Å². The first-order valence-electron chi connectivity index (χ1n) is 6.12. The molecule has 2 rings (SSSR count). The van der Waals surface area contributed by atoms with Crippen molar-refractivity contribution in [1.82, 2.24) is 0 Å². The number of aldehydes is 1. The van der Waals surface area contributed by atoms with Gasteiger partial charge in [-0.15, -0.1) is 0 Å². The molecule has 0 heterocycles. The summed E-state index contributed by atoms with van der Waals surface area (Å²) in [5.41, 5.74) is 1.56. The Balaban J connectivity index is 2.27. The highest BCUT2D eigenvalue weighted by atomic mass is 16.6. The third-order valence-corrected chi connectivity index (χ3v) is 2.82. The summed E-state index contributed by atoms with van der Waals surface area (Å²) >= 11 is 0. The minimum absolute atomic E-state index is 0.137. The fourth-order valence-electron chi connectivity index (χ4n) is 1.89. The maximum absolute atomic E-state index is 12.1. The Labute approximate surface area is 120 Å². The van der Waals surface area contributed by atoms with Gasteiger partial charge in [0.05, 0.1) is 4.92 Å². The largest absolute Gasteiger partial charge is 0.322 e. The zero-order chi connectivity index (χ0) is 15.4. The number of carbonyl (C=O) groups is 2. The molecular formula is C15H12N2O4. The molecule has 0 radical (unpaired) electrons. The van der Waals surface area contributed by atoms with Crippen LogP contribution in [0.15, 0.2) is 42.5 Å². The summed E-state index contributed by atoms with van der Waals surface area (Å²) in [6, 6.07) is 10.6. The SMILES string of the molecule is Cc1cc(C(=O)Nc2cccc(C=O)c2)cc([N+](=O)[O-])c1. The molecule has 0 aliphatic rings. The average molecular weight is 284 g/mol. The van der Waals surface area contributed by atoms with Crippen LogP contribution in [0.2, 0.25) is 0 Å². The average Bonchev–Trinajstić information content (AvgIpc) is 2.46. The number of nitrogens with one attached hydrogen (secondary N) is 1. The van der Waals surface area contributed by atoms with Gasteiger partial charge in [0.15, 0.2) is 0 Å². The maximum atomic E-state index is 12.1. The fourth-order valence-corrected chi connectivity index (χ4v) is 1.89. The molecule has 0 unspecified atom stereocenters. The smallest absolute Gasteiger partial charge is 0.270 e. The second-order valence-electron chi connectivity index (χ2n) is 4.51. The van der Waals surface area contributed by atoms with Gasteiger partial charge >= 0.3 is 0 Å². The Kier molecular flexibility index (Phi) is 4.08. The van der Waals surface area contributed by atoms with Crippen molar-refractivity contribution in [3.05, 3.63) is 69.3 Å². The first-order valence-corrected chi connectivity index (χ1v) is 6.12. The Morgan fingerprint density at radius 2 is 2.00 bits per heavy atom. The molecule has 1 N–H and O–H groups in total. The number of hydrogen-bond donors (Lipinski definition) is 1. The van der Waals surface area contributed by atoms with Crippen LogP contribution in [0, 0.1) is 17.0 Å². The van der Waals surface area contributed by atoms with Crippen molar-refractivity contribution in [3.63, 3.8) is 0 Å². The molecule has 21 heavy (non-hydrogen) atoms. The number of rotatable bonds is 4. The number of hydrogen-bond acceptors (Lipinski definition) is 4. The number of non-ortho nitro benzene ring substituents is 1. The van der Waals surface area contributed by atoms with Crippen LogP contribution >= 0.6 is 0 Å². The Bertz CT molecular complexity index is 725. The number of amides is 1. The minimum Gasteiger partial charge on any atom is -0.322 e. The van der Waals surface area contributed by atoms with Crippen molar-refractivity contribution >= 4 is 23.6 Å². The summed E-state index contributed by atoms with van der Waals surface area (Å²) in [6.45, 7) is 1.68. The molecule has 0 bridgehead atoms. The van der Waals surface area contributed by atoms with Crippen molar-refractivity contribution in [3.8, 4) is 0 Å². The van der Waals surface area contributed by atoms with E-state index in [0.29, 0.717) is 23.1 Å². The van der Waals surface area contributed by atoms with E-state index in [1.54, 1.807) is 31.2 Å². The normalized spacial score (nSPS) is 9.95. The summed E-state index contributed by atoms with van der Waals surface area (Å²) in [5.74, 6) is -0.468. The Hall–Kier alpha value is -3.02. The van der Waals surface area contributed by atoms with Crippen LogP contribution in [0.4, 0.5) is 11.4 Å². The number of nitrogens with zero attached hydrogens (tertiary/aromatic N) is 1. The van der Waals surface area contributed by atoms with Crippen LogP contribution in [0.1, 0.15) is 26.3 Å². The third-order valence-electron chi connectivity index (χ3n) is 2.82. The van der Waals surface area contributed by atoms with E-state index in [1.807, 2.05) is 0 Å². The first kappa shape index (κ1) is 14.4. The second-order valence-corrected chi connectivity index (χ2v) is 4.51. The highest BCUT2D eigenvalue weighted by Gasteiger charge is 2.13. The molecule has 106 valence electrons. The summed E-state index contributed by atoms with van der Waals surface area (Å²) in [7, 11) is 0. The lowest BCUT2D eigenvalue weighted by atomic mass is 10.1. The highest BCUT2D eigenvalue weighted by molar-refractivity contribution is 6.05. The van der Waals surface area contributed by atoms with Gasteiger partial charge in [0.25, 0.3) is 11.6 Å². The van der Waals surface area contributed by atoms with Crippen molar-refractivity contribution in [1.29, 1.82) is 0 Å². The number of anilines is 1. The van der Waals surface area contributed by atoms with Gasteiger partial charge in [0.2, 0.25) is 0 Å². The molecule has 0 fully saturated rings. The fraction of sp³-hybridized carbons (Fsp3) is 0.0667. The monoisotopic (exact) mass is 284 g/mol. The predicted octanol–water partition coefficient (Wildman–Crippen LogP) is 2.97. The number of benzene rings is 2. The molecule has 0 saturated heterocycles. The minimum atomic E-state index is -0.545. The molecule has 1 amide bonds. The van der Waals surface area contributed by atoms with Crippen molar-refractivity contribution < 1.29 is 14.5 Å². The van der Waals surface area contributed by atoms with Gasteiger partial charge in [-0.3, -0.25) is 19.7 Å². The quantitative estimate of drug-likeness (QED) is 0.531. The molecular weight excluding hydrogens is 272 g/mol. The lowest BCUT2D eigenvalue weighted by Crippen LogP contribution is -2.12. The predicted molar refractivity (Wildman–Crippen MR) is 77.6 cm³/mol. The van der Waals surface area contributed by atoms with E-state index in [4.69, 9.17) is 0 Å². The molecule has 2 aromatic carbocycles. The van der Waals surface area contributed by atoms with E-state index in [9.17, 15) is 19.7 Å². The molecule has 0 aromatic heterocycles. The Morgan fingerprint density at radius 1 is 1.24 bits per heavy atom. The second kappa shape index (κ2) is 5.96. The van der Waals surface area contributed by atoms with Gasteiger partial charge in [-0.05, 0) is 30.7 Å². The molecule has 0 aliphatic heterocycles. The molecule has 0 spiro atoms. The number of aryl methyl sites for hydroxylation is 1.